The Morgan fingerprint density at radius 1 is 0.692 bits per heavy atom. The third-order valence-corrected chi connectivity index (χ3v) is 3.56. The Morgan fingerprint density at radius 2 is 1.04 bits per heavy atom. The van der Waals surface area contributed by atoms with Crippen LogP contribution in [0.15, 0.2) is 0 Å². The van der Waals surface area contributed by atoms with Gasteiger partial charge in [-0.3, -0.25) is 0 Å². The van der Waals surface area contributed by atoms with Crippen molar-refractivity contribution < 1.29 is 33.5 Å². The van der Waals surface area contributed by atoms with Crippen molar-refractivity contribution in [3.8, 4) is 0 Å². The maximum absolute atomic E-state index is 11.4. The standard InChI is InChI=1S/C13H22N4O7.2K.2H/c18-11(21-9-1-5-14-6-2-9)16-23-13(20)24-17-12(19)22-10-3-7-15-8-4-10;;;;/h9-10,14-15H,1-8H2,(H,16,18)(H,17,19);;;;. The van der Waals surface area contributed by atoms with Crippen molar-refractivity contribution >= 4 is 121 Å². The quantitative estimate of drug-likeness (QED) is 0.239. The zero-order valence-corrected chi connectivity index (χ0v) is 13.2. The zero-order chi connectivity index (χ0) is 17.2. The van der Waals surface area contributed by atoms with Gasteiger partial charge in [0.25, 0.3) is 0 Å². The minimum absolute atomic E-state index is 0. The van der Waals surface area contributed by atoms with Crippen molar-refractivity contribution in [1.82, 2.24) is 21.6 Å². The summed E-state index contributed by atoms with van der Waals surface area (Å²) in [6, 6.07) is 0. The molecular formula is C13H24K2N4O7. The van der Waals surface area contributed by atoms with Crippen LogP contribution in [0.25, 0.3) is 0 Å². The van der Waals surface area contributed by atoms with Crippen molar-refractivity contribution in [2.75, 3.05) is 26.2 Å². The van der Waals surface area contributed by atoms with Crippen LogP contribution in [-0.2, 0) is 19.1 Å². The molecule has 2 heterocycles. The number of carbonyl (C=O) groups is 3. The fourth-order valence-corrected chi connectivity index (χ4v) is 2.36. The molecule has 0 atom stereocenters. The van der Waals surface area contributed by atoms with Crippen molar-refractivity contribution in [2.24, 2.45) is 0 Å². The van der Waals surface area contributed by atoms with Crippen LogP contribution in [0.2, 0.25) is 0 Å². The first-order valence-corrected chi connectivity index (χ1v) is 7.86. The Hall–Kier alpha value is 1.00. The van der Waals surface area contributed by atoms with Gasteiger partial charge in [0.05, 0.1) is 0 Å². The molecule has 140 valence electrons. The molecule has 2 amide bonds. The summed E-state index contributed by atoms with van der Waals surface area (Å²) < 4.78 is 10.1. The molecule has 4 N–H and O–H groups in total. The van der Waals surface area contributed by atoms with E-state index in [9.17, 15) is 14.4 Å². The summed E-state index contributed by atoms with van der Waals surface area (Å²) in [6.45, 7) is 3.02. The Balaban J connectivity index is 0.00000312. The molecule has 0 aromatic heterocycles. The molecule has 0 aromatic carbocycles. The summed E-state index contributed by atoms with van der Waals surface area (Å²) in [5, 5.41) is 6.24. The van der Waals surface area contributed by atoms with Crippen molar-refractivity contribution in [1.29, 1.82) is 0 Å². The normalized spacial score (nSPS) is 17.5. The first-order chi connectivity index (χ1) is 11.6. The van der Waals surface area contributed by atoms with Crippen LogP contribution in [0, 0.1) is 0 Å². The number of hydroxylamine groups is 2. The molecule has 0 aromatic rings. The van der Waals surface area contributed by atoms with E-state index in [0.717, 1.165) is 26.2 Å². The molecule has 13 heteroatoms. The van der Waals surface area contributed by atoms with Crippen molar-refractivity contribution in [3.05, 3.63) is 0 Å². The third kappa shape index (κ3) is 11.8. The number of nitrogens with one attached hydrogen (secondary N) is 4. The average Bonchev–Trinajstić information content (AvgIpc) is 2.60. The van der Waals surface area contributed by atoms with Gasteiger partial charge in [-0.15, -0.1) is 11.0 Å². The number of amides is 2. The molecule has 2 rings (SSSR count). The molecule has 2 fully saturated rings. The third-order valence-electron chi connectivity index (χ3n) is 3.56. The van der Waals surface area contributed by atoms with Gasteiger partial charge in [-0.25, -0.2) is 9.59 Å². The molecule has 11 nitrogen and oxygen atoms in total. The Labute approximate surface area is 236 Å². The molecule has 2 aliphatic heterocycles. The molecule has 26 heavy (non-hydrogen) atoms. The summed E-state index contributed by atoms with van der Waals surface area (Å²) >= 11 is 0. The molecular weight excluding hydrogens is 402 g/mol. The first-order valence-electron chi connectivity index (χ1n) is 7.86. The molecule has 0 aliphatic carbocycles. The predicted octanol–water partition coefficient (Wildman–Crippen LogP) is -1.37. The van der Waals surface area contributed by atoms with Gasteiger partial charge in [-0.2, -0.15) is 4.79 Å². The fraction of sp³-hybridized carbons (Fsp3) is 0.769. The number of rotatable bonds is 2. The Bertz CT molecular complexity index is 408. The molecule has 0 radical (unpaired) electrons. The van der Waals surface area contributed by atoms with E-state index in [1.165, 1.54) is 0 Å². The fourth-order valence-electron chi connectivity index (χ4n) is 2.36. The summed E-state index contributed by atoms with van der Waals surface area (Å²) in [4.78, 5) is 42.7. The van der Waals surface area contributed by atoms with Gasteiger partial charge in [0.1, 0.15) is 12.2 Å². The van der Waals surface area contributed by atoms with Crippen molar-refractivity contribution in [2.45, 2.75) is 37.9 Å². The first kappa shape index (κ1) is 27.0. The van der Waals surface area contributed by atoms with Gasteiger partial charge in [-0.1, -0.05) is 0 Å². The van der Waals surface area contributed by atoms with Crippen LogP contribution in [0.1, 0.15) is 25.7 Å². The van der Waals surface area contributed by atoms with E-state index in [4.69, 9.17) is 9.47 Å². The SMILES string of the molecule is O=C(NOC(=O)ONC(=O)OC1CCNCC1)OC1CCNCC1.[KH].[KH]. The van der Waals surface area contributed by atoms with Gasteiger partial charge < -0.3 is 29.8 Å². The number of piperidine rings is 2. The van der Waals surface area contributed by atoms with Crippen LogP contribution in [-0.4, -0.2) is 159 Å². The summed E-state index contributed by atoms with van der Waals surface area (Å²) in [7, 11) is 0. The molecule has 0 unspecified atom stereocenters. The monoisotopic (exact) mass is 426 g/mol. The minimum atomic E-state index is -1.32. The zero-order valence-electron chi connectivity index (χ0n) is 13.2. The van der Waals surface area contributed by atoms with Crippen LogP contribution in [0.3, 0.4) is 0 Å². The topological polar surface area (TPSA) is 136 Å². The van der Waals surface area contributed by atoms with E-state index in [0.29, 0.717) is 25.7 Å². The summed E-state index contributed by atoms with van der Waals surface area (Å²) in [5.41, 5.74) is 3.56. The summed E-state index contributed by atoms with van der Waals surface area (Å²) in [6.07, 6.45) is -0.868. The number of hydrogen-bond donors (Lipinski definition) is 4. The van der Waals surface area contributed by atoms with Gasteiger partial charge in [0, 0.05) is 0 Å². The Kier molecular flexibility index (Phi) is 16.5. The van der Waals surface area contributed by atoms with E-state index >= 15 is 0 Å². The Morgan fingerprint density at radius 3 is 1.38 bits per heavy atom. The van der Waals surface area contributed by atoms with E-state index in [1.54, 1.807) is 11.0 Å². The van der Waals surface area contributed by atoms with Crippen LogP contribution in [0.4, 0.5) is 14.4 Å². The van der Waals surface area contributed by atoms with E-state index in [1.807, 2.05) is 0 Å². The maximum atomic E-state index is 11.4. The van der Waals surface area contributed by atoms with Crippen molar-refractivity contribution in [3.63, 3.8) is 0 Å². The van der Waals surface area contributed by atoms with Crippen LogP contribution in [0.5, 0.6) is 0 Å². The molecule has 2 aliphatic rings. The van der Waals surface area contributed by atoms with Gasteiger partial charge in [0.15, 0.2) is 0 Å². The molecule has 0 bridgehead atoms. The summed E-state index contributed by atoms with van der Waals surface area (Å²) in [5.74, 6) is 0. The second-order valence-corrected chi connectivity index (χ2v) is 5.37. The number of hydrogen-bond acceptors (Lipinski definition) is 9. The van der Waals surface area contributed by atoms with E-state index < -0.39 is 18.3 Å². The molecule has 2 saturated heterocycles. The van der Waals surface area contributed by atoms with Crippen LogP contribution >= 0.6 is 0 Å². The molecule has 0 saturated carbocycles. The van der Waals surface area contributed by atoms with E-state index in [2.05, 4.69) is 20.3 Å². The number of ether oxygens (including phenoxy) is 2. The van der Waals surface area contributed by atoms with Gasteiger partial charge in [0.2, 0.25) is 0 Å². The number of carbonyl (C=O) groups excluding carboxylic acids is 3. The van der Waals surface area contributed by atoms with Crippen LogP contribution < -0.4 is 21.6 Å². The molecule has 0 spiro atoms. The predicted molar refractivity (Wildman–Crippen MR) is 92.9 cm³/mol. The van der Waals surface area contributed by atoms with E-state index in [-0.39, 0.29) is 115 Å². The second-order valence-electron chi connectivity index (χ2n) is 5.37. The van der Waals surface area contributed by atoms with Gasteiger partial charge >= 0.3 is 121 Å². The van der Waals surface area contributed by atoms with Gasteiger partial charge in [-0.05, 0) is 51.9 Å². The second kappa shape index (κ2) is 15.9. The average molecular weight is 427 g/mol.